The van der Waals surface area contributed by atoms with Crippen LogP contribution in [0, 0.1) is 0 Å². The minimum atomic E-state index is -0.0758. The highest BCUT2D eigenvalue weighted by Gasteiger charge is 2.13. The minimum Gasteiger partial charge on any atom is -0.303 e. The van der Waals surface area contributed by atoms with Gasteiger partial charge in [0.1, 0.15) is 34.9 Å². The molecule has 1 unspecified atom stereocenters. The van der Waals surface area contributed by atoms with E-state index in [1.165, 1.54) is 0 Å². The van der Waals surface area contributed by atoms with Crippen LogP contribution in [0.2, 0.25) is 0 Å². The van der Waals surface area contributed by atoms with Crippen molar-refractivity contribution in [2.45, 2.75) is 19.4 Å². The quantitative estimate of drug-likeness (QED) is 0.739. The van der Waals surface area contributed by atoms with Crippen LogP contribution < -0.4 is 0 Å². The summed E-state index contributed by atoms with van der Waals surface area (Å²) in [7, 11) is 0. The lowest BCUT2D eigenvalue weighted by Crippen LogP contribution is -2.01. The minimum absolute atomic E-state index is 0.0758. The fourth-order valence-electron chi connectivity index (χ4n) is 2.02. The second-order valence-corrected chi connectivity index (χ2v) is 5.01. The Kier molecular flexibility index (Phi) is 5.10. The second-order valence-electron chi connectivity index (χ2n) is 4.50. The normalized spacial score (nSPS) is 12.1. The van der Waals surface area contributed by atoms with E-state index in [9.17, 15) is 4.79 Å². The van der Waals surface area contributed by atoms with Crippen LogP contribution >= 0.6 is 23.0 Å². The molecule has 0 spiro atoms. The molecule has 0 aliphatic rings. The van der Waals surface area contributed by atoms with Crippen molar-refractivity contribution in [2.24, 2.45) is 0 Å². The Morgan fingerprint density at radius 1 is 1.05 bits per heavy atom. The van der Waals surface area contributed by atoms with Crippen LogP contribution in [0.3, 0.4) is 0 Å². The lowest BCUT2D eigenvalue weighted by molar-refractivity contribution is -0.116. The molecular formula is C16H15IO2. The summed E-state index contributed by atoms with van der Waals surface area (Å²) in [5.41, 5.74) is 3.25. The molecule has 0 fully saturated rings. The van der Waals surface area contributed by atoms with Gasteiger partial charge in [-0.2, -0.15) is 0 Å². The fraction of sp³-hybridized carbons (Fsp3) is 0.188. The molecule has 2 nitrogen and oxygen atoms in total. The first-order valence-corrected chi connectivity index (χ1v) is 6.99. The zero-order valence-electron chi connectivity index (χ0n) is 10.7. The zero-order chi connectivity index (χ0) is 13.7. The van der Waals surface area contributed by atoms with E-state index >= 15 is 0 Å². The summed E-state index contributed by atoms with van der Waals surface area (Å²) in [6.45, 7) is 1.61. The third-order valence-corrected chi connectivity index (χ3v) is 3.44. The third-order valence-electron chi connectivity index (χ3n) is 2.93. The monoisotopic (exact) mass is 366 g/mol. The molecule has 19 heavy (non-hydrogen) atoms. The Bertz CT molecular complexity index is 534. The molecule has 0 aliphatic heterocycles. The molecule has 0 N–H and O–H groups in total. The Labute approximate surface area is 127 Å². The molecule has 98 valence electrons. The van der Waals surface area contributed by atoms with Crippen LogP contribution in [-0.2, 0) is 14.3 Å². The predicted octanol–water partition coefficient (Wildman–Crippen LogP) is 4.27. The van der Waals surface area contributed by atoms with Crippen LogP contribution in [0.15, 0.2) is 54.6 Å². The van der Waals surface area contributed by atoms with Gasteiger partial charge in [0.05, 0.1) is 0 Å². The SMILES string of the molecule is CC(=O)Cc1ccc(C(OI)c2ccccc2)cc1. The third kappa shape index (κ3) is 3.88. The molecule has 0 saturated heterocycles. The average Bonchev–Trinajstić information content (AvgIpc) is 2.42. The van der Waals surface area contributed by atoms with E-state index in [1.54, 1.807) is 6.92 Å². The average molecular weight is 366 g/mol. The van der Waals surface area contributed by atoms with Gasteiger partial charge in [0.2, 0.25) is 0 Å². The first kappa shape index (κ1) is 14.2. The van der Waals surface area contributed by atoms with Crippen LogP contribution in [-0.4, -0.2) is 5.78 Å². The maximum Gasteiger partial charge on any atom is 0.134 e. The van der Waals surface area contributed by atoms with Gasteiger partial charge in [0.25, 0.3) is 0 Å². The number of ketones is 1. The van der Waals surface area contributed by atoms with E-state index in [0.29, 0.717) is 6.42 Å². The van der Waals surface area contributed by atoms with Crippen molar-refractivity contribution in [1.82, 2.24) is 0 Å². The number of halogens is 1. The van der Waals surface area contributed by atoms with Gasteiger partial charge in [-0.25, -0.2) is 0 Å². The molecular weight excluding hydrogens is 351 g/mol. The van der Waals surface area contributed by atoms with Crippen molar-refractivity contribution in [3.63, 3.8) is 0 Å². The molecule has 0 aliphatic carbocycles. The van der Waals surface area contributed by atoms with E-state index in [1.807, 2.05) is 77.6 Å². The number of carbonyl (C=O) groups is 1. The molecule has 2 rings (SSSR count). The fourth-order valence-corrected chi connectivity index (χ4v) is 2.61. The molecule has 2 aromatic rings. The number of hydrogen-bond donors (Lipinski definition) is 0. The van der Waals surface area contributed by atoms with Crippen molar-refractivity contribution in [1.29, 1.82) is 0 Å². The maximum atomic E-state index is 11.1. The molecule has 0 radical (unpaired) electrons. The van der Waals surface area contributed by atoms with E-state index in [0.717, 1.165) is 16.7 Å². The molecule has 0 aromatic heterocycles. The number of carbonyl (C=O) groups excluding carboxylic acids is 1. The van der Waals surface area contributed by atoms with Crippen molar-refractivity contribution in [3.8, 4) is 0 Å². The van der Waals surface area contributed by atoms with Gasteiger partial charge in [-0.3, -0.25) is 4.79 Å². The van der Waals surface area contributed by atoms with Crippen molar-refractivity contribution < 1.29 is 7.86 Å². The van der Waals surface area contributed by atoms with Gasteiger partial charge in [0.15, 0.2) is 0 Å². The van der Waals surface area contributed by atoms with Crippen molar-refractivity contribution >= 4 is 28.8 Å². The highest BCUT2D eigenvalue weighted by molar-refractivity contribution is 14.1. The first-order valence-electron chi connectivity index (χ1n) is 6.11. The Morgan fingerprint density at radius 2 is 1.63 bits per heavy atom. The number of hydrogen-bond acceptors (Lipinski definition) is 2. The van der Waals surface area contributed by atoms with Gasteiger partial charge in [-0.1, -0.05) is 54.6 Å². The van der Waals surface area contributed by atoms with Gasteiger partial charge >= 0.3 is 0 Å². The summed E-state index contributed by atoms with van der Waals surface area (Å²) in [5, 5.41) is 0. The highest BCUT2D eigenvalue weighted by atomic mass is 127. The zero-order valence-corrected chi connectivity index (χ0v) is 12.8. The summed E-state index contributed by atoms with van der Waals surface area (Å²) in [6, 6.07) is 18.1. The molecule has 3 heteroatoms. The van der Waals surface area contributed by atoms with Gasteiger partial charge < -0.3 is 3.07 Å². The highest BCUT2D eigenvalue weighted by Crippen LogP contribution is 2.28. The molecule has 0 bridgehead atoms. The number of benzene rings is 2. The summed E-state index contributed by atoms with van der Waals surface area (Å²) in [6.07, 6.45) is 0.412. The molecule has 0 heterocycles. The van der Waals surface area contributed by atoms with E-state index < -0.39 is 0 Å². The lowest BCUT2D eigenvalue weighted by atomic mass is 9.99. The molecule has 2 aromatic carbocycles. The Hall–Kier alpha value is -1.20. The molecule has 0 amide bonds. The van der Waals surface area contributed by atoms with E-state index in [-0.39, 0.29) is 11.9 Å². The summed E-state index contributed by atoms with van der Waals surface area (Å²) >= 11 is 1.93. The van der Waals surface area contributed by atoms with Crippen LogP contribution in [0.5, 0.6) is 0 Å². The van der Waals surface area contributed by atoms with E-state index in [2.05, 4.69) is 0 Å². The summed E-state index contributed by atoms with van der Waals surface area (Å²) in [4.78, 5) is 11.1. The van der Waals surface area contributed by atoms with Crippen LogP contribution in [0.25, 0.3) is 0 Å². The lowest BCUT2D eigenvalue weighted by Gasteiger charge is -2.15. The molecule has 0 saturated carbocycles. The predicted molar refractivity (Wildman–Crippen MR) is 84.2 cm³/mol. The Balaban J connectivity index is 2.22. The maximum absolute atomic E-state index is 11.1. The van der Waals surface area contributed by atoms with Gasteiger partial charge in [-0.05, 0) is 23.6 Å². The molecule has 1 atom stereocenters. The van der Waals surface area contributed by atoms with Crippen molar-refractivity contribution in [3.05, 3.63) is 71.3 Å². The number of rotatable bonds is 5. The van der Waals surface area contributed by atoms with Crippen molar-refractivity contribution in [2.75, 3.05) is 0 Å². The Morgan fingerprint density at radius 3 is 2.16 bits per heavy atom. The largest absolute Gasteiger partial charge is 0.303 e. The smallest absolute Gasteiger partial charge is 0.134 e. The van der Waals surface area contributed by atoms with Gasteiger partial charge in [-0.15, -0.1) is 0 Å². The topological polar surface area (TPSA) is 26.3 Å². The van der Waals surface area contributed by atoms with Crippen LogP contribution in [0.4, 0.5) is 0 Å². The van der Waals surface area contributed by atoms with Gasteiger partial charge in [0, 0.05) is 6.42 Å². The standard InChI is InChI=1S/C16H15IO2/c1-12(18)11-13-7-9-15(10-8-13)16(19-17)14-5-3-2-4-6-14/h2-10,16H,11H2,1H3. The van der Waals surface area contributed by atoms with Crippen LogP contribution in [0.1, 0.15) is 29.7 Å². The summed E-state index contributed by atoms with van der Waals surface area (Å²) < 4.78 is 5.55. The summed E-state index contributed by atoms with van der Waals surface area (Å²) in [5.74, 6) is 0.178. The number of Topliss-reactive ketones (excluding diaryl/α,β-unsaturated/α-hetero) is 1. The first-order chi connectivity index (χ1) is 9.20. The second kappa shape index (κ2) is 6.82. The van der Waals surface area contributed by atoms with E-state index in [4.69, 9.17) is 3.07 Å².